The lowest BCUT2D eigenvalue weighted by atomic mass is 10.1. The second kappa shape index (κ2) is 5.20. The average Bonchev–Trinajstić information content (AvgIpc) is 2.51. The van der Waals surface area contributed by atoms with Gasteiger partial charge in [0, 0.05) is 10.9 Å². The number of carboxylic acid groups (broad SMARTS) is 1. The Morgan fingerprint density at radius 3 is 2.29 bits per heavy atom. The van der Waals surface area contributed by atoms with Crippen LogP contribution in [0.25, 0.3) is 22.0 Å². The van der Waals surface area contributed by atoms with Gasteiger partial charge in [0.1, 0.15) is 0 Å². The first-order valence-corrected chi connectivity index (χ1v) is 6.42. The number of carboxylic acids is 1. The van der Waals surface area contributed by atoms with Crippen molar-refractivity contribution < 1.29 is 9.90 Å². The molecule has 5 heteroatoms. The summed E-state index contributed by atoms with van der Waals surface area (Å²) < 4.78 is 0.931. The fourth-order valence-corrected chi connectivity index (χ4v) is 2.27. The minimum Gasteiger partial charge on any atom is -0.548 e. The van der Waals surface area contributed by atoms with Crippen molar-refractivity contribution in [2.75, 3.05) is 0 Å². The van der Waals surface area contributed by atoms with E-state index in [-0.39, 0.29) is 0 Å². The van der Waals surface area contributed by atoms with Crippen LogP contribution in [-0.2, 0) is 11.3 Å². The van der Waals surface area contributed by atoms with Crippen molar-refractivity contribution in [3.63, 3.8) is 0 Å². The van der Waals surface area contributed by atoms with E-state index in [9.17, 15) is 14.7 Å². The standard InChI is InChI=1S/C16H12N2O3/c19-14(20)10-18-16(21)13-9-5-4-8-12(13)15(17-18)11-6-2-1-3-7-11/h1-9H,10H2,(H,19,20)/p-1. The van der Waals surface area contributed by atoms with E-state index in [4.69, 9.17) is 0 Å². The minimum atomic E-state index is -1.35. The van der Waals surface area contributed by atoms with Crippen molar-refractivity contribution in [2.45, 2.75) is 6.54 Å². The Morgan fingerprint density at radius 2 is 1.62 bits per heavy atom. The first kappa shape index (κ1) is 13.1. The molecule has 1 heterocycles. The van der Waals surface area contributed by atoms with Crippen LogP contribution in [0.2, 0.25) is 0 Å². The average molecular weight is 279 g/mol. The summed E-state index contributed by atoms with van der Waals surface area (Å²) >= 11 is 0. The highest BCUT2D eigenvalue weighted by Crippen LogP contribution is 2.24. The van der Waals surface area contributed by atoms with Gasteiger partial charge < -0.3 is 9.90 Å². The Bertz CT molecular complexity index is 870. The van der Waals surface area contributed by atoms with Crippen molar-refractivity contribution in [1.82, 2.24) is 9.78 Å². The van der Waals surface area contributed by atoms with E-state index in [1.165, 1.54) is 0 Å². The molecule has 21 heavy (non-hydrogen) atoms. The Labute approximate surface area is 120 Å². The molecule has 0 aliphatic heterocycles. The van der Waals surface area contributed by atoms with Crippen LogP contribution in [0.15, 0.2) is 59.4 Å². The number of hydrogen-bond acceptors (Lipinski definition) is 4. The third-order valence-corrected chi connectivity index (χ3v) is 3.19. The van der Waals surface area contributed by atoms with Crippen molar-refractivity contribution in [3.05, 3.63) is 65.0 Å². The van der Waals surface area contributed by atoms with Crippen LogP contribution >= 0.6 is 0 Å². The van der Waals surface area contributed by atoms with Crippen molar-refractivity contribution in [1.29, 1.82) is 0 Å². The molecule has 0 radical (unpaired) electrons. The molecule has 0 bridgehead atoms. The van der Waals surface area contributed by atoms with Gasteiger partial charge in [0.15, 0.2) is 0 Å². The van der Waals surface area contributed by atoms with E-state index in [0.29, 0.717) is 16.5 Å². The van der Waals surface area contributed by atoms with Gasteiger partial charge in [0.2, 0.25) is 0 Å². The quantitative estimate of drug-likeness (QED) is 0.711. The van der Waals surface area contributed by atoms with E-state index in [1.807, 2.05) is 36.4 Å². The fourth-order valence-electron chi connectivity index (χ4n) is 2.27. The number of aromatic nitrogens is 2. The Kier molecular flexibility index (Phi) is 3.23. The van der Waals surface area contributed by atoms with E-state index in [1.54, 1.807) is 18.2 Å². The third kappa shape index (κ3) is 2.41. The summed E-state index contributed by atoms with van der Waals surface area (Å²) in [5.74, 6) is -1.35. The summed E-state index contributed by atoms with van der Waals surface area (Å²) in [6.45, 7) is -0.566. The van der Waals surface area contributed by atoms with Gasteiger partial charge in [-0.1, -0.05) is 48.5 Å². The number of fused-ring (bicyclic) bond motifs is 1. The minimum absolute atomic E-state index is 0.436. The number of aliphatic carboxylic acids is 1. The largest absolute Gasteiger partial charge is 0.548 e. The van der Waals surface area contributed by atoms with Gasteiger partial charge in [0.05, 0.1) is 23.6 Å². The molecular formula is C16H11N2O3-. The van der Waals surface area contributed by atoms with Crippen molar-refractivity contribution >= 4 is 16.7 Å². The second-order valence-electron chi connectivity index (χ2n) is 4.60. The zero-order chi connectivity index (χ0) is 14.8. The molecule has 0 saturated carbocycles. The Morgan fingerprint density at radius 1 is 1.00 bits per heavy atom. The van der Waals surface area contributed by atoms with Crippen LogP contribution in [0.5, 0.6) is 0 Å². The molecule has 1 aromatic heterocycles. The van der Waals surface area contributed by atoms with Crippen LogP contribution in [0.1, 0.15) is 0 Å². The van der Waals surface area contributed by atoms with Crippen LogP contribution in [0, 0.1) is 0 Å². The lowest BCUT2D eigenvalue weighted by Crippen LogP contribution is -2.34. The molecule has 0 saturated heterocycles. The third-order valence-electron chi connectivity index (χ3n) is 3.19. The lowest BCUT2D eigenvalue weighted by Gasteiger charge is -2.11. The second-order valence-corrected chi connectivity index (χ2v) is 4.60. The van der Waals surface area contributed by atoms with Gasteiger partial charge in [-0.05, 0) is 6.07 Å². The molecule has 0 N–H and O–H groups in total. The highest BCUT2D eigenvalue weighted by molar-refractivity contribution is 5.93. The predicted octanol–water partition coefficient (Wildman–Crippen LogP) is 0.813. The summed E-state index contributed by atoms with van der Waals surface area (Å²) in [5.41, 5.74) is 0.960. The van der Waals surface area contributed by atoms with Gasteiger partial charge in [-0.3, -0.25) is 4.79 Å². The Hall–Kier alpha value is -2.95. The number of benzene rings is 2. The fraction of sp³-hybridized carbons (Fsp3) is 0.0625. The number of rotatable bonds is 3. The number of carbonyl (C=O) groups is 1. The van der Waals surface area contributed by atoms with Gasteiger partial charge in [-0.15, -0.1) is 0 Å². The van der Waals surface area contributed by atoms with Crippen LogP contribution in [0.4, 0.5) is 0 Å². The molecule has 0 aliphatic rings. The van der Waals surface area contributed by atoms with Crippen molar-refractivity contribution in [3.8, 4) is 11.3 Å². The summed E-state index contributed by atoms with van der Waals surface area (Å²) in [5, 5.41) is 16.1. The smallest absolute Gasteiger partial charge is 0.275 e. The normalized spacial score (nSPS) is 10.7. The lowest BCUT2D eigenvalue weighted by molar-refractivity contribution is -0.306. The molecular weight excluding hydrogens is 268 g/mol. The molecule has 5 nitrogen and oxygen atoms in total. The molecule has 0 fully saturated rings. The molecule has 2 aromatic carbocycles. The van der Waals surface area contributed by atoms with Crippen molar-refractivity contribution in [2.24, 2.45) is 0 Å². The van der Waals surface area contributed by atoms with Gasteiger partial charge in [-0.25, -0.2) is 4.68 Å². The summed E-state index contributed by atoms with van der Waals surface area (Å²) in [6.07, 6.45) is 0. The monoisotopic (exact) mass is 279 g/mol. The van der Waals surface area contributed by atoms with E-state index in [2.05, 4.69) is 5.10 Å². The summed E-state index contributed by atoms with van der Waals surface area (Å²) in [7, 11) is 0. The molecule has 104 valence electrons. The molecule has 0 spiro atoms. The molecule has 3 aromatic rings. The van der Waals surface area contributed by atoms with Crippen LogP contribution < -0.4 is 10.7 Å². The highest BCUT2D eigenvalue weighted by atomic mass is 16.4. The maximum atomic E-state index is 12.3. The maximum absolute atomic E-state index is 12.3. The molecule has 3 rings (SSSR count). The Balaban J connectivity index is 2.35. The van der Waals surface area contributed by atoms with E-state index < -0.39 is 18.1 Å². The molecule has 0 aliphatic carbocycles. The molecule has 0 atom stereocenters. The number of nitrogens with zero attached hydrogens (tertiary/aromatic N) is 2. The van der Waals surface area contributed by atoms with Gasteiger partial charge in [0.25, 0.3) is 5.56 Å². The topological polar surface area (TPSA) is 75.0 Å². The number of hydrogen-bond donors (Lipinski definition) is 0. The highest BCUT2D eigenvalue weighted by Gasteiger charge is 2.11. The molecule has 0 unspecified atom stereocenters. The van der Waals surface area contributed by atoms with Gasteiger partial charge >= 0.3 is 0 Å². The molecule has 0 amide bonds. The zero-order valence-electron chi connectivity index (χ0n) is 11.0. The SMILES string of the molecule is O=C([O-])Cn1nc(-c2ccccc2)c2ccccc2c1=O. The number of carbonyl (C=O) groups excluding carboxylic acids is 1. The predicted molar refractivity (Wildman–Crippen MR) is 76.4 cm³/mol. The van der Waals surface area contributed by atoms with Crippen LogP contribution in [0.3, 0.4) is 0 Å². The maximum Gasteiger partial charge on any atom is 0.275 e. The van der Waals surface area contributed by atoms with Crippen LogP contribution in [-0.4, -0.2) is 15.7 Å². The van der Waals surface area contributed by atoms with E-state index >= 15 is 0 Å². The zero-order valence-corrected chi connectivity index (χ0v) is 11.0. The summed E-state index contributed by atoms with van der Waals surface area (Å²) in [6, 6.07) is 16.3. The van der Waals surface area contributed by atoms with E-state index in [0.717, 1.165) is 10.2 Å². The first-order valence-electron chi connectivity index (χ1n) is 6.42. The van der Waals surface area contributed by atoms with Gasteiger partial charge in [-0.2, -0.15) is 5.10 Å². The first-order chi connectivity index (χ1) is 10.2. The summed E-state index contributed by atoms with van der Waals surface area (Å²) in [4.78, 5) is 23.1.